The number of carbonyl (C=O) groups excluding carboxylic acids is 2. The van der Waals surface area contributed by atoms with Crippen LogP contribution in [0.4, 0.5) is 0 Å². The summed E-state index contributed by atoms with van der Waals surface area (Å²) < 4.78 is 4.15. The summed E-state index contributed by atoms with van der Waals surface area (Å²) in [5.41, 5.74) is 10.5. The van der Waals surface area contributed by atoms with Crippen molar-refractivity contribution in [1.29, 1.82) is 0 Å². The molecule has 2 aromatic carbocycles. The first kappa shape index (κ1) is 18.8. The number of nitrogens with one attached hydrogen (secondary N) is 1. The summed E-state index contributed by atoms with van der Waals surface area (Å²) in [7, 11) is 1.95. The Kier molecular flexibility index (Phi) is 4.00. The Morgan fingerprint density at radius 1 is 0.844 bits per heavy atom. The third-order valence-electron chi connectivity index (χ3n) is 6.56. The third kappa shape index (κ3) is 2.63. The van der Waals surface area contributed by atoms with E-state index in [9.17, 15) is 9.59 Å². The van der Waals surface area contributed by atoms with Crippen LogP contribution in [0.25, 0.3) is 33.0 Å². The van der Waals surface area contributed by atoms with Gasteiger partial charge in [0.05, 0.1) is 17.2 Å². The number of carbonyl (C=O) groups is 2. The average Bonchev–Trinajstić information content (AvgIpc) is 3.53. The number of nitrogens with zero attached hydrogens (tertiary/aromatic N) is 2. The van der Waals surface area contributed by atoms with E-state index < -0.39 is 0 Å². The normalized spacial score (nSPS) is 20.8. The highest BCUT2D eigenvalue weighted by Crippen LogP contribution is 2.40. The molecule has 3 heterocycles. The van der Waals surface area contributed by atoms with E-state index in [-0.39, 0.29) is 23.9 Å². The molecule has 1 aliphatic heterocycles. The van der Waals surface area contributed by atoms with E-state index in [2.05, 4.69) is 16.0 Å². The van der Waals surface area contributed by atoms with Crippen LogP contribution in [0, 0.1) is 0 Å². The molecule has 3 N–H and O–H groups in total. The zero-order chi connectivity index (χ0) is 22.0. The lowest BCUT2D eigenvalue weighted by atomic mass is 9.95. The van der Waals surface area contributed by atoms with Gasteiger partial charge in [-0.2, -0.15) is 0 Å². The smallest absolute Gasteiger partial charge is 0.259 e. The summed E-state index contributed by atoms with van der Waals surface area (Å²) in [6.45, 7) is 0. The van der Waals surface area contributed by atoms with Crippen LogP contribution in [0.2, 0.25) is 0 Å². The number of para-hydroxylation sites is 2. The highest BCUT2D eigenvalue weighted by Gasteiger charge is 2.35. The minimum Gasteiger partial charge on any atom is -0.350 e. The van der Waals surface area contributed by atoms with Crippen molar-refractivity contribution in [2.24, 2.45) is 12.8 Å². The van der Waals surface area contributed by atoms with E-state index in [1.807, 2.05) is 78.6 Å². The van der Waals surface area contributed by atoms with Crippen LogP contribution in [-0.2, 0) is 16.6 Å². The molecule has 0 saturated carbocycles. The van der Waals surface area contributed by atoms with Crippen LogP contribution in [0.3, 0.4) is 0 Å². The predicted octanol–water partition coefficient (Wildman–Crippen LogP) is 3.53. The molecule has 0 radical (unpaired) electrons. The first-order valence-electron chi connectivity index (χ1n) is 10.7. The highest BCUT2D eigenvalue weighted by atomic mass is 16.2. The molecule has 2 unspecified atom stereocenters. The van der Waals surface area contributed by atoms with Gasteiger partial charge in [0.25, 0.3) is 11.8 Å². The molecule has 158 valence electrons. The van der Waals surface area contributed by atoms with Gasteiger partial charge in [0, 0.05) is 58.4 Å². The van der Waals surface area contributed by atoms with E-state index >= 15 is 0 Å². The molecule has 6 nitrogen and oxygen atoms in total. The fourth-order valence-electron chi connectivity index (χ4n) is 5.10. The SMILES string of the molecule is Cn1cc(C2=C(c3cn(C4C=CC(N)C4)c4ccccc34)C(=O)NC2=O)c2ccccc21. The fourth-order valence-corrected chi connectivity index (χ4v) is 5.10. The number of allylic oxidation sites excluding steroid dienone is 1. The Balaban J connectivity index is 1.64. The molecule has 2 atom stereocenters. The van der Waals surface area contributed by atoms with E-state index in [1.165, 1.54) is 0 Å². The van der Waals surface area contributed by atoms with Gasteiger partial charge in [0.2, 0.25) is 0 Å². The molecular weight excluding hydrogens is 400 g/mol. The van der Waals surface area contributed by atoms with Crippen molar-refractivity contribution in [3.05, 3.63) is 84.2 Å². The van der Waals surface area contributed by atoms with Crippen molar-refractivity contribution < 1.29 is 9.59 Å². The largest absolute Gasteiger partial charge is 0.350 e. The molecule has 2 aliphatic rings. The Labute approximate surface area is 184 Å². The van der Waals surface area contributed by atoms with Gasteiger partial charge in [-0.05, 0) is 18.6 Å². The molecule has 6 heteroatoms. The Bertz CT molecular complexity index is 1500. The summed E-state index contributed by atoms with van der Waals surface area (Å²) in [5, 5.41) is 4.42. The van der Waals surface area contributed by atoms with Gasteiger partial charge in [-0.15, -0.1) is 0 Å². The second kappa shape index (κ2) is 6.80. The van der Waals surface area contributed by atoms with Crippen molar-refractivity contribution in [3.63, 3.8) is 0 Å². The van der Waals surface area contributed by atoms with Crippen LogP contribution >= 0.6 is 0 Å². The van der Waals surface area contributed by atoms with Crippen LogP contribution in [-0.4, -0.2) is 27.0 Å². The molecule has 0 fully saturated rings. The summed E-state index contributed by atoms with van der Waals surface area (Å²) in [4.78, 5) is 26.1. The summed E-state index contributed by atoms with van der Waals surface area (Å²) in [6, 6.07) is 16.0. The summed E-state index contributed by atoms with van der Waals surface area (Å²) in [6.07, 6.45) is 8.86. The molecule has 0 spiro atoms. The van der Waals surface area contributed by atoms with Crippen LogP contribution in [0.1, 0.15) is 23.6 Å². The lowest BCUT2D eigenvalue weighted by Gasteiger charge is -2.13. The Morgan fingerprint density at radius 3 is 2.09 bits per heavy atom. The maximum atomic E-state index is 13.1. The molecule has 1 aliphatic carbocycles. The average molecular weight is 422 g/mol. The van der Waals surface area contributed by atoms with Gasteiger partial charge in [-0.1, -0.05) is 48.6 Å². The lowest BCUT2D eigenvalue weighted by molar-refractivity contribution is -0.122. The zero-order valence-electron chi connectivity index (χ0n) is 17.6. The van der Waals surface area contributed by atoms with Gasteiger partial charge in [0.15, 0.2) is 0 Å². The van der Waals surface area contributed by atoms with Crippen molar-refractivity contribution >= 4 is 44.8 Å². The topological polar surface area (TPSA) is 82.0 Å². The third-order valence-corrected chi connectivity index (χ3v) is 6.56. The second-order valence-electron chi connectivity index (χ2n) is 8.52. The summed E-state index contributed by atoms with van der Waals surface area (Å²) in [5.74, 6) is -0.722. The maximum Gasteiger partial charge on any atom is 0.259 e. The highest BCUT2D eigenvalue weighted by molar-refractivity contribution is 6.50. The van der Waals surface area contributed by atoms with Gasteiger partial charge in [0.1, 0.15) is 0 Å². The lowest BCUT2D eigenvalue weighted by Crippen LogP contribution is -2.22. The number of aryl methyl sites for hydroxylation is 1. The molecule has 2 aromatic heterocycles. The minimum atomic E-state index is -0.362. The number of aromatic nitrogens is 2. The van der Waals surface area contributed by atoms with Gasteiger partial charge >= 0.3 is 0 Å². The Morgan fingerprint density at radius 2 is 1.44 bits per heavy atom. The molecule has 0 bridgehead atoms. The second-order valence-corrected chi connectivity index (χ2v) is 8.52. The standard InChI is InChI=1S/C26H22N4O2/c1-29-13-19(17-6-2-4-8-21(17)29)23-24(26(32)28-25(23)31)20-14-30(16-11-10-15(27)12-16)22-9-5-3-7-18(20)22/h2-11,13-16H,12,27H2,1H3,(H,28,31,32). The van der Waals surface area contributed by atoms with Gasteiger partial charge in [-0.3, -0.25) is 14.9 Å². The maximum absolute atomic E-state index is 13.1. The van der Waals surface area contributed by atoms with Crippen LogP contribution in [0.5, 0.6) is 0 Å². The van der Waals surface area contributed by atoms with E-state index in [0.717, 1.165) is 39.4 Å². The predicted molar refractivity (Wildman–Crippen MR) is 126 cm³/mol. The van der Waals surface area contributed by atoms with Gasteiger partial charge in [-0.25, -0.2) is 0 Å². The monoisotopic (exact) mass is 422 g/mol. The molecule has 2 amide bonds. The van der Waals surface area contributed by atoms with Crippen LogP contribution in [0.15, 0.2) is 73.1 Å². The number of benzene rings is 2. The number of hydrogen-bond acceptors (Lipinski definition) is 3. The Hall–Kier alpha value is -3.90. The van der Waals surface area contributed by atoms with Crippen LogP contribution < -0.4 is 11.1 Å². The molecule has 6 rings (SSSR count). The first-order valence-corrected chi connectivity index (χ1v) is 10.7. The zero-order valence-corrected chi connectivity index (χ0v) is 17.6. The molecule has 32 heavy (non-hydrogen) atoms. The number of fused-ring (bicyclic) bond motifs is 2. The van der Waals surface area contributed by atoms with Crippen molar-refractivity contribution in [3.8, 4) is 0 Å². The number of rotatable bonds is 3. The molecule has 4 aromatic rings. The van der Waals surface area contributed by atoms with Crippen molar-refractivity contribution in [1.82, 2.24) is 14.5 Å². The van der Waals surface area contributed by atoms with E-state index in [4.69, 9.17) is 5.73 Å². The number of amides is 2. The molecular formula is C26H22N4O2. The quantitative estimate of drug-likeness (QED) is 0.391. The van der Waals surface area contributed by atoms with E-state index in [0.29, 0.717) is 11.1 Å². The van der Waals surface area contributed by atoms with Gasteiger partial charge < -0.3 is 14.9 Å². The number of hydrogen-bond donors (Lipinski definition) is 2. The fraction of sp³-hybridized carbons (Fsp3) is 0.154. The molecule has 0 saturated heterocycles. The summed E-state index contributed by atoms with van der Waals surface area (Å²) >= 11 is 0. The minimum absolute atomic E-state index is 0.0198. The van der Waals surface area contributed by atoms with Crippen molar-refractivity contribution in [2.75, 3.05) is 0 Å². The van der Waals surface area contributed by atoms with Crippen molar-refractivity contribution in [2.45, 2.75) is 18.5 Å². The number of nitrogens with two attached hydrogens (primary N) is 1. The number of imide groups is 1. The van der Waals surface area contributed by atoms with E-state index in [1.54, 1.807) is 0 Å². The first-order chi connectivity index (χ1) is 15.5.